The van der Waals surface area contributed by atoms with Gasteiger partial charge in [0.05, 0.1) is 0 Å². The van der Waals surface area contributed by atoms with Crippen LogP contribution >= 0.6 is 0 Å². The van der Waals surface area contributed by atoms with E-state index in [1.54, 1.807) is 7.05 Å². The first-order valence-electron chi connectivity index (χ1n) is 9.88. The molecule has 9 nitrogen and oxygen atoms in total. The molecule has 1 atom stereocenters. The molecule has 0 saturated carbocycles. The first-order valence-corrected chi connectivity index (χ1v) is 9.88. The molecule has 1 aromatic carbocycles. The van der Waals surface area contributed by atoms with E-state index in [0.717, 1.165) is 35.2 Å². The van der Waals surface area contributed by atoms with E-state index in [2.05, 4.69) is 4.90 Å². The molecule has 4 rings (SSSR count). The third-order valence-electron chi connectivity index (χ3n) is 5.73. The lowest BCUT2D eigenvalue weighted by Gasteiger charge is -2.31. The van der Waals surface area contributed by atoms with Gasteiger partial charge in [-0.15, -0.1) is 0 Å². The van der Waals surface area contributed by atoms with E-state index >= 15 is 0 Å². The Balaban J connectivity index is 1.87. The Morgan fingerprint density at radius 1 is 1.17 bits per heavy atom. The maximum Gasteiger partial charge on any atom is 0.332 e. The molecule has 29 heavy (non-hydrogen) atoms. The molecule has 154 valence electrons. The summed E-state index contributed by atoms with van der Waals surface area (Å²) in [4.78, 5) is 32.2. The van der Waals surface area contributed by atoms with Crippen LogP contribution < -0.4 is 27.6 Å². The standard InChI is InChI=1S/C20H27N7O2/c1-24-17-16(18(28)25(2)20(24)29)27(11-9-13-6-3-4-8-15(13)22)19(23-17)26-10-5-7-14(21)12-26/h3-4,6,8,14H,5,7,9-12,21-22H2,1-2H3. The summed E-state index contributed by atoms with van der Waals surface area (Å²) < 4.78 is 4.47. The third-order valence-corrected chi connectivity index (χ3v) is 5.73. The number of benzene rings is 1. The van der Waals surface area contributed by atoms with Crippen molar-refractivity contribution in [3.63, 3.8) is 0 Å². The Bertz CT molecular complexity index is 1170. The van der Waals surface area contributed by atoms with Crippen LogP contribution in [0.4, 0.5) is 11.6 Å². The molecular formula is C20H27N7O2. The Morgan fingerprint density at radius 2 is 1.93 bits per heavy atom. The van der Waals surface area contributed by atoms with Crippen molar-refractivity contribution in [2.75, 3.05) is 23.7 Å². The maximum atomic E-state index is 13.0. The van der Waals surface area contributed by atoms with Crippen LogP contribution in [0.3, 0.4) is 0 Å². The molecule has 3 aromatic rings. The minimum Gasteiger partial charge on any atom is -0.399 e. The number of aryl methyl sites for hydroxylation is 3. The molecule has 1 aliphatic heterocycles. The minimum absolute atomic E-state index is 0.0634. The zero-order valence-corrected chi connectivity index (χ0v) is 16.8. The van der Waals surface area contributed by atoms with Crippen molar-refractivity contribution in [1.29, 1.82) is 0 Å². The quantitative estimate of drug-likeness (QED) is 0.607. The number of fused-ring (bicyclic) bond motifs is 1. The Kier molecular flexibility index (Phi) is 4.91. The van der Waals surface area contributed by atoms with E-state index in [9.17, 15) is 9.59 Å². The van der Waals surface area contributed by atoms with Gasteiger partial charge < -0.3 is 20.9 Å². The van der Waals surface area contributed by atoms with Crippen LogP contribution in [0.15, 0.2) is 33.9 Å². The van der Waals surface area contributed by atoms with E-state index < -0.39 is 0 Å². The van der Waals surface area contributed by atoms with Crippen molar-refractivity contribution in [3.8, 4) is 0 Å². The lowest BCUT2D eigenvalue weighted by Crippen LogP contribution is -2.44. The van der Waals surface area contributed by atoms with Gasteiger partial charge in [0.2, 0.25) is 5.95 Å². The van der Waals surface area contributed by atoms with Gasteiger partial charge in [-0.2, -0.15) is 4.98 Å². The second-order valence-corrected chi connectivity index (χ2v) is 7.74. The largest absolute Gasteiger partial charge is 0.399 e. The van der Waals surface area contributed by atoms with Gasteiger partial charge in [-0.05, 0) is 30.9 Å². The number of rotatable bonds is 4. The summed E-state index contributed by atoms with van der Waals surface area (Å²) in [7, 11) is 3.13. The van der Waals surface area contributed by atoms with Gasteiger partial charge in [0.15, 0.2) is 11.2 Å². The van der Waals surface area contributed by atoms with Crippen LogP contribution in [0.5, 0.6) is 0 Å². The molecule has 1 aliphatic rings. The molecule has 9 heteroatoms. The second-order valence-electron chi connectivity index (χ2n) is 7.74. The van der Waals surface area contributed by atoms with Gasteiger partial charge >= 0.3 is 5.69 Å². The molecule has 2 aromatic heterocycles. The number of anilines is 2. The predicted molar refractivity (Wildman–Crippen MR) is 114 cm³/mol. The number of nitrogens with zero attached hydrogens (tertiary/aromatic N) is 5. The number of hydrogen-bond donors (Lipinski definition) is 2. The summed E-state index contributed by atoms with van der Waals surface area (Å²) in [5.74, 6) is 0.683. The highest BCUT2D eigenvalue weighted by molar-refractivity contribution is 5.74. The lowest BCUT2D eigenvalue weighted by atomic mass is 10.1. The van der Waals surface area contributed by atoms with Crippen molar-refractivity contribution >= 4 is 22.8 Å². The van der Waals surface area contributed by atoms with E-state index in [-0.39, 0.29) is 17.3 Å². The van der Waals surface area contributed by atoms with Gasteiger partial charge in [-0.25, -0.2) is 4.79 Å². The SMILES string of the molecule is Cn1c(=O)c2c(nc(N3CCCC(N)C3)n2CCc2ccccc2N)n(C)c1=O. The van der Waals surface area contributed by atoms with Crippen molar-refractivity contribution < 1.29 is 0 Å². The summed E-state index contributed by atoms with van der Waals surface area (Å²) >= 11 is 0. The number of hydrogen-bond acceptors (Lipinski definition) is 6. The molecule has 1 saturated heterocycles. The molecule has 0 radical (unpaired) electrons. The van der Waals surface area contributed by atoms with Gasteiger partial charge in [0, 0.05) is 45.5 Å². The molecule has 1 unspecified atom stereocenters. The molecule has 0 spiro atoms. The van der Waals surface area contributed by atoms with Gasteiger partial charge in [0.1, 0.15) is 0 Å². The third kappa shape index (κ3) is 3.31. The number of para-hydroxylation sites is 1. The predicted octanol–water partition coefficient (Wildman–Crippen LogP) is 0.186. The molecular weight excluding hydrogens is 370 g/mol. The summed E-state index contributed by atoms with van der Waals surface area (Å²) in [5, 5.41) is 0. The molecule has 1 fully saturated rings. The van der Waals surface area contributed by atoms with E-state index in [1.807, 2.05) is 28.8 Å². The average Bonchev–Trinajstić information content (AvgIpc) is 3.10. The highest BCUT2D eigenvalue weighted by Gasteiger charge is 2.25. The van der Waals surface area contributed by atoms with Crippen molar-refractivity contribution in [1.82, 2.24) is 18.7 Å². The first-order chi connectivity index (χ1) is 13.9. The maximum absolute atomic E-state index is 13.0. The highest BCUT2D eigenvalue weighted by atomic mass is 16.2. The number of nitrogen functional groups attached to an aromatic ring is 1. The fraction of sp³-hybridized carbons (Fsp3) is 0.450. The van der Waals surface area contributed by atoms with Crippen LogP contribution in [-0.4, -0.2) is 37.8 Å². The summed E-state index contributed by atoms with van der Waals surface area (Å²) in [6.07, 6.45) is 2.58. The molecule has 0 amide bonds. The highest BCUT2D eigenvalue weighted by Crippen LogP contribution is 2.24. The van der Waals surface area contributed by atoms with Crippen LogP contribution in [0.1, 0.15) is 18.4 Å². The normalized spacial score (nSPS) is 17.2. The summed E-state index contributed by atoms with van der Waals surface area (Å²) in [6, 6.07) is 7.77. The van der Waals surface area contributed by atoms with Crippen LogP contribution in [-0.2, 0) is 27.1 Å². The van der Waals surface area contributed by atoms with Crippen LogP contribution in [0, 0.1) is 0 Å². The average molecular weight is 397 g/mol. The van der Waals surface area contributed by atoms with Crippen LogP contribution in [0.2, 0.25) is 0 Å². The van der Waals surface area contributed by atoms with Gasteiger partial charge in [0.25, 0.3) is 5.56 Å². The molecule has 4 N–H and O–H groups in total. The van der Waals surface area contributed by atoms with Crippen LogP contribution in [0.25, 0.3) is 11.2 Å². The monoisotopic (exact) mass is 397 g/mol. The zero-order valence-electron chi connectivity index (χ0n) is 16.8. The number of aromatic nitrogens is 4. The van der Waals surface area contributed by atoms with Gasteiger partial charge in [-0.3, -0.25) is 13.9 Å². The number of nitrogens with two attached hydrogens (primary N) is 2. The Labute approximate surface area is 168 Å². The molecule has 3 heterocycles. The lowest BCUT2D eigenvalue weighted by molar-refractivity contribution is 0.493. The van der Waals surface area contributed by atoms with E-state index in [0.29, 0.717) is 36.6 Å². The van der Waals surface area contributed by atoms with Gasteiger partial charge in [-0.1, -0.05) is 18.2 Å². The number of piperidine rings is 1. The van der Waals surface area contributed by atoms with Crippen molar-refractivity contribution in [3.05, 3.63) is 50.7 Å². The Hall–Kier alpha value is -3.07. The number of imidazole rings is 1. The molecule has 0 bridgehead atoms. The van der Waals surface area contributed by atoms with Crippen molar-refractivity contribution in [2.24, 2.45) is 19.8 Å². The fourth-order valence-corrected chi connectivity index (χ4v) is 4.07. The second kappa shape index (κ2) is 7.40. The Morgan fingerprint density at radius 3 is 2.66 bits per heavy atom. The zero-order chi connectivity index (χ0) is 20.7. The molecule has 0 aliphatic carbocycles. The smallest absolute Gasteiger partial charge is 0.332 e. The van der Waals surface area contributed by atoms with Crippen molar-refractivity contribution in [2.45, 2.75) is 31.8 Å². The topological polar surface area (TPSA) is 117 Å². The minimum atomic E-state index is -0.388. The summed E-state index contributed by atoms with van der Waals surface area (Å²) in [6.45, 7) is 2.02. The summed E-state index contributed by atoms with van der Waals surface area (Å²) in [5.41, 5.74) is 14.1. The van der Waals surface area contributed by atoms with E-state index in [4.69, 9.17) is 16.5 Å². The fourth-order valence-electron chi connectivity index (χ4n) is 4.07. The first kappa shape index (κ1) is 19.3. The van der Waals surface area contributed by atoms with E-state index in [1.165, 1.54) is 11.6 Å².